The Labute approximate surface area is 102 Å². The minimum atomic E-state index is -0.0380. The largest absolute Gasteiger partial charge is 0.355 e. The first-order valence-corrected chi connectivity index (χ1v) is 6.53. The van der Waals surface area contributed by atoms with Crippen molar-refractivity contribution in [2.24, 2.45) is 5.92 Å². The van der Waals surface area contributed by atoms with E-state index < -0.39 is 0 Å². The first-order chi connectivity index (χ1) is 8.25. The van der Waals surface area contributed by atoms with Gasteiger partial charge in [0.2, 0.25) is 11.8 Å². The SMILES string of the molecule is O=C1CCC(C(=O)NC2CCCNCC2)CN1. The number of hydrogen-bond acceptors (Lipinski definition) is 3. The van der Waals surface area contributed by atoms with Crippen molar-refractivity contribution in [1.82, 2.24) is 16.0 Å². The van der Waals surface area contributed by atoms with Crippen LogP contribution in [0.3, 0.4) is 0 Å². The molecule has 0 aromatic carbocycles. The first kappa shape index (κ1) is 12.4. The van der Waals surface area contributed by atoms with Crippen LogP contribution in [-0.4, -0.2) is 37.5 Å². The number of carbonyl (C=O) groups is 2. The summed E-state index contributed by atoms with van der Waals surface area (Å²) in [5, 5.41) is 9.19. The topological polar surface area (TPSA) is 70.2 Å². The van der Waals surface area contributed by atoms with Crippen molar-refractivity contribution >= 4 is 11.8 Å². The van der Waals surface area contributed by atoms with E-state index in [1.54, 1.807) is 0 Å². The van der Waals surface area contributed by atoms with E-state index in [4.69, 9.17) is 0 Å². The summed E-state index contributed by atoms with van der Waals surface area (Å²) >= 11 is 0. The van der Waals surface area contributed by atoms with Gasteiger partial charge in [-0.05, 0) is 38.8 Å². The highest BCUT2D eigenvalue weighted by Crippen LogP contribution is 2.12. The number of piperidine rings is 1. The molecule has 2 heterocycles. The summed E-state index contributed by atoms with van der Waals surface area (Å²) in [5.74, 6) is 0.133. The molecule has 2 aliphatic heterocycles. The minimum Gasteiger partial charge on any atom is -0.355 e. The van der Waals surface area contributed by atoms with Crippen LogP contribution in [-0.2, 0) is 9.59 Å². The fourth-order valence-corrected chi connectivity index (χ4v) is 2.44. The van der Waals surface area contributed by atoms with E-state index in [2.05, 4.69) is 16.0 Å². The van der Waals surface area contributed by atoms with Gasteiger partial charge >= 0.3 is 0 Å². The van der Waals surface area contributed by atoms with Crippen LogP contribution in [0.25, 0.3) is 0 Å². The number of carbonyl (C=O) groups excluding carboxylic acids is 2. The van der Waals surface area contributed by atoms with E-state index in [0.29, 0.717) is 25.4 Å². The molecule has 2 amide bonds. The van der Waals surface area contributed by atoms with Gasteiger partial charge in [-0.1, -0.05) is 0 Å². The molecule has 0 bridgehead atoms. The Kier molecular flexibility index (Phi) is 4.36. The van der Waals surface area contributed by atoms with Crippen molar-refractivity contribution < 1.29 is 9.59 Å². The van der Waals surface area contributed by atoms with E-state index in [9.17, 15) is 9.59 Å². The second-order valence-electron chi connectivity index (χ2n) is 4.93. The molecule has 2 fully saturated rings. The number of nitrogens with one attached hydrogen (secondary N) is 3. The zero-order valence-electron chi connectivity index (χ0n) is 10.1. The van der Waals surface area contributed by atoms with Gasteiger partial charge in [0.1, 0.15) is 0 Å². The van der Waals surface area contributed by atoms with Gasteiger partial charge in [0.25, 0.3) is 0 Å². The summed E-state index contributed by atoms with van der Waals surface area (Å²) in [7, 11) is 0. The van der Waals surface area contributed by atoms with E-state index >= 15 is 0 Å². The molecule has 0 aromatic heterocycles. The van der Waals surface area contributed by atoms with Crippen LogP contribution in [0.15, 0.2) is 0 Å². The molecule has 5 heteroatoms. The highest BCUT2D eigenvalue weighted by Gasteiger charge is 2.26. The molecule has 2 atom stereocenters. The zero-order valence-corrected chi connectivity index (χ0v) is 10.1. The summed E-state index contributed by atoms with van der Waals surface area (Å²) in [5.41, 5.74) is 0. The Morgan fingerprint density at radius 2 is 2.12 bits per heavy atom. The van der Waals surface area contributed by atoms with Crippen LogP contribution in [0, 0.1) is 5.92 Å². The van der Waals surface area contributed by atoms with Crippen LogP contribution >= 0.6 is 0 Å². The molecule has 17 heavy (non-hydrogen) atoms. The molecular weight excluding hydrogens is 218 g/mol. The quantitative estimate of drug-likeness (QED) is 0.623. The van der Waals surface area contributed by atoms with Crippen molar-refractivity contribution in [1.29, 1.82) is 0 Å². The summed E-state index contributed by atoms with van der Waals surface area (Å²) in [6.07, 6.45) is 4.34. The van der Waals surface area contributed by atoms with E-state index in [0.717, 1.165) is 32.4 Å². The molecule has 5 nitrogen and oxygen atoms in total. The molecule has 2 aliphatic rings. The fraction of sp³-hybridized carbons (Fsp3) is 0.833. The summed E-state index contributed by atoms with van der Waals surface area (Å²) in [6, 6.07) is 0.301. The molecule has 3 N–H and O–H groups in total. The summed E-state index contributed by atoms with van der Waals surface area (Å²) in [4.78, 5) is 23.0. The average molecular weight is 239 g/mol. The van der Waals surface area contributed by atoms with Gasteiger partial charge in [0, 0.05) is 19.0 Å². The molecule has 0 aliphatic carbocycles. The fourth-order valence-electron chi connectivity index (χ4n) is 2.44. The van der Waals surface area contributed by atoms with Gasteiger partial charge in [-0.15, -0.1) is 0 Å². The van der Waals surface area contributed by atoms with Crippen LogP contribution < -0.4 is 16.0 Å². The van der Waals surface area contributed by atoms with Crippen molar-refractivity contribution in [2.45, 2.75) is 38.1 Å². The second-order valence-corrected chi connectivity index (χ2v) is 4.93. The van der Waals surface area contributed by atoms with Crippen LogP contribution in [0.4, 0.5) is 0 Å². The van der Waals surface area contributed by atoms with Crippen molar-refractivity contribution in [3.63, 3.8) is 0 Å². The molecule has 0 saturated carbocycles. The normalized spacial score (nSPS) is 30.2. The van der Waals surface area contributed by atoms with Gasteiger partial charge in [-0.3, -0.25) is 9.59 Å². The Hall–Kier alpha value is -1.10. The second kappa shape index (κ2) is 6.00. The minimum absolute atomic E-state index is 0.0380. The number of hydrogen-bond donors (Lipinski definition) is 3. The Bertz CT molecular complexity index is 275. The Morgan fingerprint density at radius 3 is 2.88 bits per heavy atom. The maximum absolute atomic E-state index is 12.0. The first-order valence-electron chi connectivity index (χ1n) is 6.53. The lowest BCUT2D eigenvalue weighted by Gasteiger charge is -2.24. The van der Waals surface area contributed by atoms with Gasteiger partial charge in [0.05, 0.1) is 5.92 Å². The predicted octanol–water partition coefficient (Wildman–Crippen LogP) is -0.229. The van der Waals surface area contributed by atoms with Crippen LogP contribution in [0.2, 0.25) is 0 Å². The lowest BCUT2D eigenvalue weighted by Crippen LogP contribution is -2.46. The smallest absolute Gasteiger partial charge is 0.225 e. The summed E-state index contributed by atoms with van der Waals surface area (Å²) < 4.78 is 0. The molecule has 0 spiro atoms. The molecule has 2 saturated heterocycles. The summed E-state index contributed by atoms with van der Waals surface area (Å²) in [6.45, 7) is 2.52. The molecule has 0 radical (unpaired) electrons. The third kappa shape index (κ3) is 3.70. The molecule has 2 rings (SSSR count). The van der Waals surface area contributed by atoms with Crippen molar-refractivity contribution in [3.8, 4) is 0 Å². The van der Waals surface area contributed by atoms with Crippen molar-refractivity contribution in [3.05, 3.63) is 0 Å². The van der Waals surface area contributed by atoms with Crippen molar-refractivity contribution in [2.75, 3.05) is 19.6 Å². The highest BCUT2D eigenvalue weighted by atomic mass is 16.2. The average Bonchev–Trinajstić information content (AvgIpc) is 2.58. The Morgan fingerprint density at radius 1 is 1.24 bits per heavy atom. The third-order valence-corrected chi connectivity index (χ3v) is 3.56. The van der Waals surface area contributed by atoms with Gasteiger partial charge in [-0.2, -0.15) is 0 Å². The molecular formula is C12H21N3O2. The lowest BCUT2D eigenvalue weighted by atomic mass is 9.97. The molecule has 96 valence electrons. The van der Waals surface area contributed by atoms with E-state index in [1.807, 2.05) is 0 Å². The Balaban J connectivity index is 1.77. The van der Waals surface area contributed by atoms with E-state index in [1.165, 1.54) is 0 Å². The molecule has 2 unspecified atom stereocenters. The van der Waals surface area contributed by atoms with Gasteiger partial charge < -0.3 is 16.0 Å². The predicted molar refractivity (Wildman–Crippen MR) is 64.4 cm³/mol. The highest BCUT2D eigenvalue weighted by molar-refractivity contribution is 5.83. The maximum Gasteiger partial charge on any atom is 0.225 e. The molecule has 0 aromatic rings. The number of rotatable bonds is 2. The van der Waals surface area contributed by atoms with Gasteiger partial charge in [-0.25, -0.2) is 0 Å². The number of amides is 2. The standard InChI is InChI=1S/C12H21N3O2/c16-11-4-3-9(8-14-11)12(17)15-10-2-1-6-13-7-5-10/h9-10,13H,1-8H2,(H,14,16)(H,15,17). The van der Waals surface area contributed by atoms with Crippen LogP contribution in [0.1, 0.15) is 32.1 Å². The zero-order chi connectivity index (χ0) is 12.1. The van der Waals surface area contributed by atoms with Crippen LogP contribution in [0.5, 0.6) is 0 Å². The van der Waals surface area contributed by atoms with Gasteiger partial charge in [0.15, 0.2) is 0 Å². The monoisotopic (exact) mass is 239 g/mol. The third-order valence-electron chi connectivity index (χ3n) is 3.56. The van der Waals surface area contributed by atoms with E-state index in [-0.39, 0.29) is 17.7 Å². The lowest BCUT2D eigenvalue weighted by molar-refractivity contribution is -0.129. The maximum atomic E-state index is 12.0.